The number of quaternary nitrogens is 1. The maximum Gasteiger partial charge on any atom is 0.185 e. The van der Waals surface area contributed by atoms with E-state index in [-0.39, 0.29) is 5.96 Å². The third-order valence-corrected chi connectivity index (χ3v) is 3.05. The van der Waals surface area contributed by atoms with Crippen molar-refractivity contribution in [3.05, 3.63) is 0 Å². The molecule has 1 heterocycles. The van der Waals surface area contributed by atoms with Gasteiger partial charge in [-0.25, -0.2) is 0 Å². The van der Waals surface area contributed by atoms with Gasteiger partial charge in [-0.05, 0) is 19.3 Å². The smallest absolute Gasteiger partial charge is 0.185 e. The molecule has 14 heavy (non-hydrogen) atoms. The first-order chi connectivity index (χ1) is 6.62. The molecule has 1 saturated heterocycles. The number of nitrogens with zero attached hydrogens (tertiary/aromatic N) is 2. The highest BCUT2D eigenvalue weighted by molar-refractivity contribution is 5.75. The van der Waals surface area contributed by atoms with Crippen LogP contribution in [0.3, 0.4) is 0 Å². The summed E-state index contributed by atoms with van der Waals surface area (Å²) >= 11 is 0. The molecule has 0 atom stereocenters. The maximum atomic E-state index is 5.27. The van der Waals surface area contributed by atoms with E-state index < -0.39 is 0 Å². The summed E-state index contributed by atoms with van der Waals surface area (Å²) in [6.45, 7) is 4.62. The van der Waals surface area contributed by atoms with Crippen LogP contribution >= 0.6 is 0 Å². The van der Waals surface area contributed by atoms with Crippen molar-refractivity contribution in [1.29, 1.82) is 0 Å². The number of piperidine rings is 1. The molecule has 0 aromatic carbocycles. The van der Waals surface area contributed by atoms with Crippen molar-refractivity contribution in [3.63, 3.8) is 0 Å². The van der Waals surface area contributed by atoms with E-state index in [4.69, 9.17) is 11.5 Å². The van der Waals surface area contributed by atoms with Crippen molar-refractivity contribution in [2.45, 2.75) is 25.7 Å². The molecule has 4 nitrogen and oxygen atoms in total. The van der Waals surface area contributed by atoms with E-state index in [1.807, 2.05) is 0 Å². The zero-order valence-corrected chi connectivity index (χ0v) is 9.21. The summed E-state index contributed by atoms with van der Waals surface area (Å²) in [5.41, 5.74) is 10.5. The SMILES string of the molecule is C[N+]1(CCCN=C(N)N)CCCCC1. The van der Waals surface area contributed by atoms with E-state index in [1.54, 1.807) is 0 Å². The van der Waals surface area contributed by atoms with Gasteiger partial charge in [0.2, 0.25) is 0 Å². The Morgan fingerprint density at radius 1 is 1.21 bits per heavy atom. The average molecular weight is 199 g/mol. The fraction of sp³-hybridized carbons (Fsp3) is 0.900. The van der Waals surface area contributed by atoms with Crippen LogP contribution in [0.4, 0.5) is 0 Å². The third kappa shape index (κ3) is 3.96. The first-order valence-electron chi connectivity index (χ1n) is 5.51. The third-order valence-electron chi connectivity index (χ3n) is 3.05. The summed E-state index contributed by atoms with van der Waals surface area (Å²) < 4.78 is 1.21. The zero-order chi connectivity index (χ0) is 10.4. The molecule has 1 aliphatic heterocycles. The average Bonchev–Trinajstić information content (AvgIpc) is 2.14. The van der Waals surface area contributed by atoms with Crippen molar-refractivity contribution < 1.29 is 4.48 Å². The molecular weight excluding hydrogens is 176 g/mol. The summed E-state index contributed by atoms with van der Waals surface area (Å²) in [5, 5.41) is 0. The van der Waals surface area contributed by atoms with Crippen LogP contribution < -0.4 is 11.5 Å². The largest absolute Gasteiger partial charge is 0.370 e. The topological polar surface area (TPSA) is 64.4 Å². The summed E-state index contributed by atoms with van der Waals surface area (Å²) in [7, 11) is 2.34. The van der Waals surface area contributed by atoms with Crippen LogP contribution in [0.25, 0.3) is 0 Å². The summed E-state index contributed by atoms with van der Waals surface area (Å²) in [4.78, 5) is 4.00. The Kier molecular flexibility index (Phi) is 4.20. The molecular formula is C10H23N4+. The molecule has 0 radical (unpaired) electrons. The van der Waals surface area contributed by atoms with E-state index in [0.29, 0.717) is 0 Å². The number of aliphatic imine (C=N–C) groups is 1. The lowest BCUT2D eigenvalue weighted by atomic mass is 10.1. The van der Waals surface area contributed by atoms with Gasteiger partial charge < -0.3 is 16.0 Å². The Morgan fingerprint density at radius 3 is 2.43 bits per heavy atom. The molecule has 4 N–H and O–H groups in total. The lowest BCUT2D eigenvalue weighted by molar-refractivity contribution is -0.914. The Labute approximate surface area is 86.6 Å². The van der Waals surface area contributed by atoms with Crippen molar-refractivity contribution >= 4 is 5.96 Å². The van der Waals surface area contributed by atoms with Gasteiger partial charge in [-0.3, -0.25) is 4.99 Å². The monoisotopic (exact) mass is 199 g/mol. The molecule has 0 amide bonds. The summed E-state index contributed by atoms with van der Waals surface area (Å²) in [6.07, 6.45) is 5.24. The minimum atomic E-state index is 0.214. The number of hydrogen-bond acceptors (Lipinski definition) is 1. The highest BCUT2D eigenvalue weighted by atomic mass is 15.3. The fourth-order valence-corrected chi connectivity index (χ4v) is 2.16. The van der Waals surface area contributed by atoms with Crippen LogP contribution in [0.1, 0.15) is 25.7 Å². The van der Waals surface area contributed by atoms with Gasteiger partial charge in [-0.15, -0.1) is 0 Å². The first-order valence-corrected chi connectivity index (χ1v) is 5.51. The Bertz CT molecular complexity index is 190. The van der Waals surface area contributed by atoms with E-state index in [0.717, 1.165) is 13.0 Å². The highest BCUT2D eigenvalue weighted by Gasteiger charge is 2.23. The molecule has 1 aliphatic rings. The van der Waals surface area contributed by atoms with E-state index >= 15 is 0 Å². The molecule has 0 bridgehead atoms. The van der Waals surface area contributed by atoms with E-state index in [2.05, 4.69) is 12.0 Å². The van der Waals surface area contributed by atoms with Gasteiger partial charge in [0.25, 0.3) is 0 Å². The van der Waals surface area contributed by atoms with Gasteiger partial charge in [0.1, 0.15) is 0 Å². The second-order valence-corrected chi connectivity index (χ2v) is 4.51. The van der Waals surface area contributed by atoms with Gasteiger partial charge in [0.15, 0.2) is 5.96 Å². The second-order valence-electron chi connectivity index (χ2n) is 4.51. The molecule has 0 aromatic heterocycles. The number of likely N-dealkylation sites (tertiary alicyclic amines) is 1. The zero-order valence-electron chi connectivity index (χ0n) is 9.21. The molecule has 0 unspecified atom stereocenters. The summed E-state index contributed by atoms with van der Waals surface area (Å²) in [6, 6.07) is 0. The first kappa shape index (κ1) is 11.3. The number of hydrogen-bond donors (Lipinski definition) is 2. The second kappa shape index (κ2) is 5.20. The quantitative estimate of drug-likeness (QED) is 0.296. The van der Waals surface area contributed by atoms with Crippen LogP contribution in [0, 0.1) is 0 Å². The summed E-state index contributed by atoms with van der Waals surface area (Å²) in [5.74, 6) is 0.214. The van der Waals surface area contributed by atoms with Crippen LogP contribution in [0.5, 0.6) is 0 Å². The fourth-order valence-electron chi connectivity index (χ4n) is 2.16. The van der Waals surface area contributed by atoms with Crippen molar-refractivity contribution in [1.82, 2.24) is 0 Å². The van der Waals surface area contributed by atoms with Crippen LogP contribution in [-0.4, -0.2) is 43.7 Å². The molecule has 4 heteroatoms. The lowest BCUT2D eigenvalue weighted by Crippen LogP contribution is -2.48. The number of guanidine groups is 1. The van der Waals surface area contributed by atoms with E-state index in [9.17, 15) is 0 Å². The maximum absolute atomic E-state index is 5.27. The van der Waals surface area contributed by atoms with Crippen molar-refractivity contribution in [2.24, 2.45) is 16.5 Å². The molecule has 0 aliphatic carbocycles. The number of nitrogens with two attached hydrogens (primary N) is 2. The van der Waals surface area contributed by atoms with Crippen LogP contribution in [-0.2, 0) is 0 Å². The minimum absolute atomic E-state index is 0.214. The van der Waals surface area contributed by atoms with Crippen molar-refractivity contribution in [3.8, 4) is 0 Å². The normalized spacial score (nSPS) is 20.4. The predicted molar refractivity (Wildman–Crippen MR) is 59.9 cm³/mol. The molecule has 0 saturated carbocycles. The van der Waals surface area contributed by atoms with Crippen molar-refractivity contribution in [2.75, 3.05) is 33.2 Å². The Hall–Kier alpha value is -0.770. The van der Waals surface area contributed by atoms with Gasteiger partial charge >= 0.3 is 0 Å². The Morgan fingerprint density at radius 2 is 1.86 bits per heavy atom. The molecule has 0 aromatic rings. The molecule has 0 spiro atoms. The van der Waals surface area contributed by atoms with Crippen LogP contribution in [0.15, 0.2) is 4.99 Å². The highest BCUT2D eigenvalue weighted by Crippen LogP contribution is 2.16. The van der Waals surface area contributed by atoms with Gasteiger partial charge in [-0.1, -0.05) is 0 Å². The van der Waals surface area contributed by atoms with Gasteiger partial charge in [0, 0.05) is 13.0 Å². The standard InChI is InChI=1S/C10H23N4/c1-14(7-3-2-4-8-14)9-5-6-13-10(11)12/h2-9H2,1H3,(H4,11,12,13)/q+1. The Balaban J connectivity index is 2.19. The van der Waals surface area contributed by atoms with E-state index in [1.165, 1.54) is 43.4 Å². The number of rotatable bonds is 4. The predicted octanol–water partition coefficient (Wildman–Crippen LogP) is 0.280. The molecule has 82 valence electrons. The van der Waals surface area contributed by atoms with Crippen LogP contribution in [0.2, 0.25) is 0 Å². The minimum Gasteiger partial charge on any atom is -0.370 e. The lowest BCUT2D eigenvalue weighted by Gasteiger charge is -2.37. The molecule has 1 rings (SSSR count). The van der Waals surface area contributed by atoms with Gasteiger partial charge in [-0.2, -0.15) is 0 Å². The molecule has 1 fully saturated rings. The van der Waals surface area contributed by atoms with Gasteiger partial charge in [0.05, 0.1) is 26.7 Å².